The predicted molar refractivity (Wildman–Crippen MR) is 98.8 cm³/mol. The molecule has 2 nitrogen and oxygen atoms in total. The minimum Gasteiger partial charge on any atom is -0.424 e. The van der Waals surface area contributed by atoms with Gasteiger partial charge in [-0.15, -0.1) is 0 Å². The maximum Gasteiger partial charge on any atom is 0.258 e. The SMILES string of the molecule is CC(CC(C)(C)[Si](O)(c1ccccc1)c1ccccc1)C(=O)Cl. The van der Waals surface area contributed by atoms with Gasteiger partial charge in [-0.1, -0.05) is 81.4 Å². The molecule has 0 fully saturated rings. The second kappa shape index (κ2) is 6.99. The average Bonchev–Trinajstić information content (AvgIpc) is 2.55. The van der Waals surface area contributed by atoms with Crippen LogP contribution in [0.4, 0.5) is 0 Å². The molecule has 0 amide bonds. The van der Waals surface area contributed by atoms with Crippen LogP contribution in [0, 0.1) is 5.92 Å². The second-order valence-electron chi connectivity index (χ2n) is 6.74. The summed E-state index contributed by atoms with van der Waals surface area (Å²) in [5.41, 5.74) is 0. The zero-order valence-corrected chi connectivity index (χ0v) is 15.5. The topological polar surface area (TPSA) is 37.3 Å². The van der Waals surface area contributed by atoms with E-state index in [4.69, 9.17) is 11.6 Å². The van der Waals surface area contributed by atoms with Crippen LogP contribution >= 0.6 is 11.6 Å². The minimum atomic E-state index is -3.05. The zero-order chi connectivity index (χ0) is 17.1. The molecule has 0 bridgehead atoms. The molecular weight excluding hydrogens is 324 g/mol. The van der Waals surface area contributed by atoms with Gasteiger partial charge in [0.05, 0.1) is 0 Å². The van der Waals surface area contributed by atoms with E-state index in [1.54, 1.807) is 0 Å². The molecule has 0 aliphatic heterocycles. The van der Waals surface area contributed by atoms with E-state index in [9.17, 15) is 9.59 Å². The number of carbonyl (C=O) groups excluding carboxylic acids is 1. The lowest BCUT2D eigenvalue weighted by atomic mass is 9.99. The maximum atomic E-state index is 11.9. The third-order valence-corrected chi connectivity index (χ3v) is 9.44. The highest BCUT2D eigenvalue weighted by molar-refractivity contribution is 6.98. The van der Waals surface area contributed by atoms with Crippen LogP contribution in [-0.4, -0.2) is 18.4 Å². The molecule has 0 aliphatic carbocycles. The van der Waals surface area contributed by atoms with E-state index < -0.39 is 13.4 Å². The number of rotatable bonds is 6. The van der Waals surface area contributed by atoms with Gasteiger partial charge in [0.2, 0.25) is 5.24 Å². The Hall–Kier alpha value is -1.42. The molecule has 1 unspecified atom stereocenters. The second-order valence-corrected chi connectivity index (χ2v) is 11.0. The first-order valence-corrected chi connectivity index (χ1v) is 10.1. The first kappa shape index (κ1) is 17.9. The van der Waals surface area contributed by atoms with Crippen LogP contribution in [0.3, 0.4) is 0 Å². The largest absolute Gasteiger partial charge is 0.424 e. The molecule has 1 N–H and O–H groups in total. The first-order chi connectivity index (χ1) is 10.8. The summed E-state index contributed by atoms with van der Waals surface area (Å²) in [6.45, 7) is 5.90. The smallest absolute Gasteiger partial charge is 0.258 e. The lowest BCUT2D eigenvalue weighted by Crippen LogP contribution is -2.65. The average molecular weight is 347 g/mol. The molecule has 2 aromatic rings. The van der Waals surface area contributed by atoms with Gasteiger partial charge in [-0.2, -0.15) is 0 Å². The fraction of sp³-hybridized carbons (Fsp3) is 0.316. The van der Waals surface area contributed by atoms with Crippen LogP contribution in [0.1, 0.15) is 27.2 Å². The minimum absolute atomic E-state index is 0.293. The van der Waals surface area contributed by atoms with Gasteiger partial charge in [-0.25, -0.2) is 0 Å². The molecule has 0 aromatic heterocycles. The van der Waals surface area contributed by atoms with Crippen molar-refractivity contribution in [1.82, 2.24) is 0 Å². The van der Waals surface area contributed by atoms with Crippen molar-refractivity contribution in [2.75, 3.05) is 0 Å². The fourth-order valence-electron chi connectivity index (χ4n) is 3.30. The van der Waals surface area contributed by atoms with Gasteiger partial charge < -0.3 is 4.80 Å². The van der Waals surface area contributed by atoms with E-state index in [-0.39, 0.29) is 11.2 Å². The van der Waals surface area contributed by atoms with Crippen molar-refractivity contribution in [3.8, 4) is 0 Å². The fourth-order valence-corrected chi connectivity index (χ4v) is 7.23. The van der Waals surface area contributed by atoms with Crippen LogP contribution in [0.25, 0.3) is 0 Å². The highest BCUT2D eigenvalue weighted by Gasteiger charge is 2.50. The number of benzene rings is 2. The lowest BCUT2D eigenvalue weighted by Gasteiger charge is -2.42. The number of carbonyl (C=O) groups is 1. The third-order valence-electron chi connectivity index (χ3n) is 4.57. The normalized spacial score (nSPS) is 13.6. The maximum absolute atomic E-state index is 11.9. The molecule has 2 rings (SSSR count). The Morgan fingerprint density at radius 1 is 1.04 bits per heavy atom. The van der Waals surface area contributed by atoms with Crippen LogP contribution in [0.15, 0.2) is 60.7 Å². The zero-order valence-electron chi connectivity index (χ0n) is 13.8. The summed E-state index contributed by atoms with van der Waals surface area (Å²) < 4.78 is 0. The van der Waals surface area contributed by atoms with Crippen molar-refractivity contribution in [3.63, 3.8) is 0 Å². The van der Waals surface area contributed by atoms with Gasteiger partial charge in [-0.05, 0) is 33.4 Å². The van der Waals surface area contributed by atoms with Crippen molar-refractivity contribution in [2.45, 2.75) is 32.2 Å². The Kier molecular flexibility index (Phi) is 5.45. The Balaban J connectivity index is 2.56. The van der Waals surface area contributed by atoms with E-state index in [1.807, 2.05) is 81.4 Å². The molecule has 23 heavy (non-hydrogen) atoms. The predicted octanol–water partition coefficient (Wildman–Crippen LogP) is 3.31. The van der Waals surface area contributed by atoms with E-state index in [2.05, 4.69) is 0 Å². The summed E-state index contributed by atoms with van der Waals surface area (Å²) in [7, 11) is -3.05. The third kappa shape index (κ3) is 3.57. The number of hydrogen-bond acceptors (Lipinski definition) is 2. The molecule has 0 saturated carbocycles. The van der Waals surface area contributed by atoms with Gasteiger partial charge in [0.25, 0.3) is 8.32 Å². The monoisotopic (exact) mass is 346 g/mol. The Morgan fingerprint density at radius 2 is 1.43 bits per heavy atom. The van der Waals surface area contributed by atoms with Crippen LogP contribution < -0.4 is 10.4 Å². The standard InChI is InChI=1S/C19H23ClO2Si/c1-15(18(20)21)14-19(2,3)23(22,16-10-6-4-7-11-16)17-12-8-5-9-13-17/h4-13,15,22H,14H2,1-3H3. The van der Waals surface area contributed by atoms with E-state index in [0.29, 0.717) is 6.42 Å². The number of halogens is 1. The van der Waals surface area contributed by atoms with E-state index in [1.165, 1.54) is 0 Å². The van der Waals surface area contributed by atoms with Crippen LogP contribution in [-0.2, 0) is 4.79 Å². The van der Waals surface area contributed by atoms with Crippen LogP contribution in [0.2, 0.25) is 5.04 Å². The van der Waals surface area contributed by atoms with Gasteiger partial charge in [0.15, 0.2) is 0 Å². The van der Waals surface area contributed by atoms with Gasteiger partial charge in [0, 0.05) is 5.92 Å². The van der Waals surface area contributed by atoms with E-state index in [0.717, 1.165) is 10.4 Å². The Bertz CT molecular complexity index is 616. The van der Waals surface area contributed by atoms with E-state index >= 15 is 0 Å². The molecule has 0 radical (unpaired) electrons. The van der Waals surface area contributed by atoms with Crippen molar-refractivity contribution in [2.24, 2.45) is 5.92 Å². The molecule has 2 aromatic carbocycles. The summed E-state index contributed by atoms with van der Waals surface area (Å²) >= 11 is 5.67. The van der Waals surface area contributed by atoms with Gasteiger partial charge in [-0.3, -0.25) is 4.79 Å². The molecule has 122 valence electrons. The Morgan fingerprint density at radius 3 is 1.78 bits per heavy atom. The van der Waals surface area contributed by atoms with Crippen molar-refractivity contribution in [1.29, 1.82) is 0 Å². The molecule has 0 aliphatic rings. The quantitative estimate of drug-likeness (QED) is 0.643. The first-order valence-electron chi connectivity index (χ1n) is 7.82. The summed E-state index contributed by atoms with van der Waals surface area (Å²) in [5.74, 6) is -0.293. The summed E-state index contributed by atoms with van der Waals surface area (Å²) in [5, 5.41) is 1.10. The summed E-state index contributed by atoms with van der Waals surface area (Å²) in [6, 6.07) is 19.6. The highest BCUT2D eigenvalue weighted by atomic mass is 35.5. The van der Waals surface area contributed by atoms with Crippen LogP contribution in [0.5, 0.6) is 0 Å². The molecular formula is C19H23ClO2Si. The molecule has 4 heteroatoms. The molecule has 0 heterocycles. The molecule has 0 saturated heterocycles. The molecule has 0 spiro atoms. The van der Waals surface area contributed by atoms with Crippen molar-refractivity contribution < 1.29 is 9.59 Å². The van der Waals surface area contributed by atoms with Gasteiger partial charge >= 0.3 is 0 Å². The summed E-state index contributed by atoms with van der Waals surface area (Å²) in [6.07, 6.45) is 0.543. The lowest BCUT2D eigenvalue weighted by molar-refractivity contribution is -0.115. The molecule has 1 atom stereocenters. The van der Waals surface area contributed by atoms with Gasteiger partial charge in [0.1, 0.15) is 0 Å². The highest BCUT2D eigenvalue weighted by Crippen LogP contribution is 2.41. The van der Waals surface area contributed by atoms with Crippen molar-refractivity contribution in [3.05, 3.63) is 60.7 Å². The Labute approximate surface area is 144 Å². The van der Waals surface area contributed by atoms with Crippen molar-refractivity contribution >= 4 is 35.5 Å². The number of hydrogen-bond donors (Lipinski definition) is 1. The summed E-state index contributed by atoms with van der Waals surface area (Å²) in [4.78, 5) is 23.4.